The highest BCUT2D eigenvalue weighted by atomic mass is 32.2. The molecule has 0 bridgehead atoms. The highest BCUT2D eigenvalue weighted by Crippen LogP contribution is 2.29. The van der Waals surface area contributed by atoms with Gasteiger partial charge in [-0.2, -0.15) is 4.31 Å². The maximum absolute atomic E-state index is 13.3. The van der Waals surface area contributed by atoms with E-state index >= 15 is 0 Å². The van der Waals surface area contributed by atoms with E-state index in [4.69, 9.17) is 0 Å². The van der Waals surface area contributed by atoms with Crippen LogP contribution in [0.15, 0.2) is 41.3 Å². The largest absolute Gasteiger partial charge is 0.326 e. The summed E-state index contributed by atoms with van der Waals surface area (Å²) in [5, 5.41) is 2.75. The predicted octanol–water partition coefficient (Wildman–Crippen LogP) is 3.79. The van der Waals surface area contributed by atoms with E-state index in [-0.39, 0.29) is 18.3 Å². The molecule has 1 aliphatic heterocycles. The Balaban J connectivity index is 1.79. The second-order valence-electron chi connectivity index (χ2n) is 7.43. The number of aryl methyl sites for hydroxylation is 3. The lowest BCUT2D eigenvalue weighted by atomic mass is 9.99. The van der Waals surface area contributed by atoms with Crippen LogP contribution >= 0.6 is 0 Å². The van der Waals surface area contributed by atoms with Crippen molar-refractivity contribution in [1.29, 1.82) is 0 Å². The Kier molecular flexibility index (Phi) is 5.86. The highest BCUT2D eigenvalue weighted by molar-refractivity contribution is 7.89. The van der Waals surface area contributed by atoms with Gasteiger partial charge < -0.3 is 5.32 Å². The minimum Gasteiger partial charge on any atom is -0.326 e. The molecule has 2 aromatic carbocycles. The Labute approximate surface area is 165 Å². The lowest BCUT2D eigenvalue weighted by Gasteiger charge is -2.32. The van der Waals surface area contributed by atoms with E-state index in [1.807, 2.05) is 19.1 Å². The number of anilines is 1. The summed E-state index contributed by atoms with van der Waals surface area (Å²) in [6, 6.07) is 9.25. The smallest absolute Gasteiger partial charge is 0.243 e. The van der Waals surface area contributed by atoms with Crippen LogP contribution in [0, 0.1) is 32.5 Å². The molecule has 0 radical (unpaired) electrons. The van der Waals surface area contributed by atoms with Crippen LogP contribution in [0.3, 0.4) is 0 Å². The van der Waals surface area contributed by atoms with Gasteiger partial charge in [0, 0.05) is 18.8 Å². The van der Waals surface area contributed by atoms with Crippen LogP contribution in [0.25, 0.3) is 0 Å². The fourth-order valence-corrected chi connectivity index (χ4v) is 5.79. The van der Waals surface area contributed by atoms with Crippen LogP contribution in [0.4, 0.5) is 10.1 Å². The maximum atomic E-state index is 13.3. The fourth-order valence-electron chi connectivity index (χ4n) is 3.86. The molecular weight excluding hydrogens is 379 g/mol. The molecular formula is C21H25FN2O3S. The molecule has 1 heterocycles. The molecule has 0 spiro atoms. The molecule has 1 aliphatic rings. The molecule has 5 nitrogen and oxygen atoms in total. The molecule has 0 aliphatic carbocycles. The zero-order valence-electron chi connectivity index (χ0n) is 16.3. The maximum Gasteiger partial charge on any atom is 0.243 e. The molecule has 150 valence electrons. The van der Waals surface area contributed by atoms with Crippen LogP contribution < -0.4 is 5.32 Å². The van der Waals surface area contributed by atoms with Gasteiger partial charge in [-0.25, -0.2) is 12.8 Å². The first-order chi connectivity index (χ1) is 13.2. The van der Waals surface area contributed by atoms with Crippen LogP contribution in [0.1, 0.15) is 29.5 Å². The molecule has 0 aromatic heterocycles. The van der Waals surface area contributed by atoms with E-state index in [1.165, 1.54) is 28.6 Å². The summed E-state index contributed by atoms with van der Waals surface area (Å²) in [5.41, 5.74) is 2.95. The average Bonchev–Trinajstić information content (AvgIpc) is 2.62. The highest BCUT2D eigenvalue weighted by Gasteiger charge is 2.34. The number of nitrogens with one attached hydrogen (secondary N) is 1. The van der Waals surface area contributed by atoms with Gasteiger partial charge in [0.25, 0.3) is 0 Å². The van der Waals surface area contributed by atoms with Crippen molar-refractivity contribution >= 4 is 21.6 Å². The van der Waals surface area contributed by atoms with Crippen LogP contribution in [0.5, 0.6) is 0 Å². The van der Waals surface area contributed by atoms with Gasteiger partial charge in [0.1, 0.15) is 5.82 Å². The van der Waals surface area contributed by atoms with Crippen LogP contribution in [-0.2, 0) is 14.8 Å². The summed E-state index contributed by atoms with van der Waals surface area (Å²) in [6.45, 7) is 6.08. The lowest BCUT2D eigenvalue weighted by molar-refractivity contribution is -0.120. The minimum absolute atomic E-state index is 0.141. The quantitative estimate of drug-likeness (QED) is 0.843. The van der Waals surface area contributed by atoms with Gasteiger partial charge in [-0.1, -0.05) is 17.7 Å². The molecule has 1 N–H and O–H groups in total. The van der Waals surface area contributed by atoms with E-state index in [2.05, 4.69) is 5.32 Å². The van der Waals surface area contributed by atoms with Crippen molar-refractivity contribution in [2.45, 2.75) is 38.5 Å². The van der Waals surface area contributed by atoms with Gasteiger partial charge in [-0.3, -0.25) is 4.79 Å². The molecule has 0 unspecified atom stereocenters. The standard InChI is InChI=1S/C21H25FN2O3S/c1-14-11-15(2)20(16(3)12-14)28(26,27)24-10-4-5-17(13-24)21(25)23-19-8-6-18(22)7-9-19/h6-9,11-12,17H,4-5,10,13H2,1-3H3,(H,23,25)/t17-/m0/s1. The van der Waals surface area contributed by atoms with E-state index in [0.29, 0.717) is 30.0 Å². The van der Waals surface area contributed by atoms with Crippen molar-refractivity contribution < 1.29 is 17.6 Å². The van der Waals surface area contributed by atoms with Crippen molar-refractivity contribution in [2.24, 2.45) is 5.92 Å². The summed E-state index contributed by atoms with van der Waals surface area (Å²) >= 11 is 0. The number of hydrogen-bond acceptors (Lipinski definition) is 3. The van der Waals surface area contributed by atoms with Crippen molar-refractivity contribution in [3.05, 3.63) is 58.9 Å². The number of nitrogens with zero attached hydrogens (tertiary/aromatic N) is 1. The SMILES string of the molecule is Cc1cc(C)c(S(=O)(=O)N2CCC[C@H](C(=O)Nc3ccc(F)cc3)C2)c(C)c1. The third-order valence-corrected chi connectivity index (χ3v) is 7.24. The first-order valence-electron chi connectivity index (χ1n) is 9.33. The summed E-state index contributed by atoms with van der Waals surface area (Å²) in [4.78, 5) is 12.9. The summed E-state index contributed by atoms with van der Waals surface area (Å²) in [6.07, 6.45) is 1.23. The molecule has 1 fully saturated rings. The normalized spacial score (nSPS) is 18.1. The zero-order chi connectivity index (χ0) is 20.5. The van der Waals surface area contributed by atoms with Gasteiger partial charge in [0.05, 0.1) is 10.8 Å². The molecule has 2 aromatic rings. The van der Waals surface area contributed by atoms with E-state index in [0.717, 1.165) is 16.7 Å². The number of halogens is 1. The molecule has 0 saturated carbocycles. The molecule has 1 atom stereocenters. The number of carbonyl (C=O) groups is 1. The van der Waals surface area contributed by atoms with Gasteiger partial charge >= 0.3 is 0 Å². The minimum atomic E-state index is -3.68. The van der Waals surface area contributed by atoms with E-state index < -0.39 is 15.9 Å². The number of hydrogen-bond donors (Lipinski definition) is 1. The Bertz CT molecular complexity index is 964. The molecule has 7 heteroatoms. The van der Waals surface area contributed by atoms with Crippen molar-refractivity contribution in [2.75, 3.05) is 18.4 Å². The summed E-state index contributed by atoms with van der Waals surface area (Å²) < 4.78 is 41.0. The Morgan fingerprint density at radius 1 is 1.11 bits per heavy atom. The second-order valence-corrected chi connectivity index (χ2v) is 9.30. The zero-order valence-corrected chi connectivity index (χ0v) is 17.1. The molecule has 1 saturated heterocycles. The first kappa shape index (κ1) is 20.5. The van der Waals surface area contributed by atoms with E-state index in [9.17, 15) is 17.6 Å². The van der Waals surface area contributed by atoms with Gasteiger partial charge in [-0.15, -0.1) is 0 Å². The van der Waals surface area contributed by atoms with Crippen molar-refractivity contribution in [3.8, 4) is 0 Å². The summed E-state index contributed by atoms with van der Waals surface area (Å²) in [7, 11) is -3.68. The van der Waals surface area contributed by atoms with E-state index in [1.54, 1.807) is 13.8 Å². The van der Waals surface area contributed by atoms with Gasteiger partial charge in [0.2, 0.25) is 15.9 Å². The predicted molar refractivity (Wildman–Crippen MR) is 107 cm³/mol. The van der Waals surface area contributed by atoms with Crippen molar-refractivity contribution in [3.63, 3.8) is 0 Å². The Morgan fingerprint density at radius 3 is 2.32 bits per heavy atom. The fraction of sp³-hybridized carbons (Fsp3) is 0.381. The molecule has 28 heavy (non-hydrogen) atoms. The van der Waals surface area contributed by atoms with Gasteiger partial charge in [0.15, 0.2) is 0 Å². The Hall–Kier alpha value is -2.25. The van der Waals surface area contributed by atoms with Crippen LogP contribution in [0.2, 0.25) is 0 Å². The number of carbonyl (C=O) groups excluding carboxylic acids is 1. The monoisotopic (exact) mass is 404 g/mol. The second kappa shape index (κ2) is 8.01. The lowest BCUT2D eigenvalue weighted by Crippen LogP contribution is -2.44. The van der Waals surface area contributed by atoms with Crippen LogP contribution in [-0.4, -0.2) is 31.7 Å². The third kappa shape index (κ3) is 4.25. The number of amides is 1. The molecule has 1 amide bonds. The molecule has 3 rings (SSSR count). The number of benzene rings is 2. The number of rotatable bonds is 4. The number of piperidine rings is 1. The average molecular weight is 405 g/mol. The topological polar surface area (TPSA) is 66.5 Å². The first-order valence-corrected chi connectivity index (χ1v) is 10.8. The van der Waals surface area contributed by atoms with Gasteiger partial charge in [-0.05, 0) is 69.0 Å². The Morgan fingerprint density at radius 2 is 1.71 bits per heavy atom. The number of sulfonamides is 1. The summed E-state index contributed by atoms with van der Waals surface area (Å²) in [5.74, 6) is -1.07. The third-order valence-electron chi connectivity index (χ3n) is 5.07. The van der Waals surface area contributed by atoms with Crippen molar-refractivity contribution in [1.82, 2.24) is 4.31 Å².